The van der Waals surface area contributed by atoms with Crippen LogP contribution in [0.5, 0.6) is 0 Å². The van der Waals surface area contributed by atoms with Crippen molar-refractivity contribution in [3.8, 4) is 0 Å². The summed E-state index contributed by atoms with van der Waals surface area (Å²) < 4.78 is 0. The van der Waals surface area contributed by atoms with Gasteiger partial charge < -0.3 is 5.32 Å². The van der Waals surface area contributed by atoms with E-state index >= 15 is 0 Å². The molecule has 0 saturated heterocycles. The molecule has 88 valence electrons. The van der Waals surface area contributed by atoms with Crippen molar-refractivity contribution in [1.29, 1.82) is 0 Å². The smallest absolute Gasteiger partial charge is 0.0494 e. The molecule has 0 aliphatic heterocycles. The van der Waals surface area contributed by atoms with E-state index in [1.165, 1.54) is 16.8 Å². The fraction of sp³-hybridized carbons (Fsp3) is 0.200. The number of benzene rings is 2. The lowest BCUT2D eigenvalue weighted by Crippen LogP contribution is -1.98. The molecule has 2 rings (SSSR count). The molecule has 0 unspecified atom stereocenters. The van der Waals surface area contributed by atoms with Gasteiger partial charge in [-0.25, -0.2) is 0 Å². The summed E-state index contributed by atoms with van der Waals surface area (Å²) in [6, 6.07) is 14.4. The highest BCUT2D eigenvalue weighted by molar-refractivity contribution is 6.17. The highest BCUT2D eigenvalue weighted by atomic mass is 35.5. The van der Waals surface area contributed by atoms with E-state index in [2.05, 4.69) is 43.4 Å². The van der Waals surface area contributed by atoms with Crippen LogP contribution in [0.1, 0.15) is 16.7 Å². The van der Waals surface area contributed by atoms with Gasteiger partial charge >= 0.3 is 0 Å². The van der Waals surface area contributed by atoms with Crippen LogP contribution in [0.3, 0.4) is 0 Å². The van der Waals surface area contributed by atoms with Gasteiger partial charge in [0.05, 0.1) is 0 Å². The van der Waals surface area contributed by atoms with Crippen LogP contribution in [0.4, 0.5) is 11.4 Å². The zero-order chi connectivity index (χ0) is 12.3. The molecular formula is C15H16ClN. The SMILES string of the molecule is Cc1cccc(C)c1Nc1ccccc1CCl. The van der Waals surface area contributed by atoms with E-state index < -0.39 is 0 Å². The van der Waals surface area contributed by atoms with Gasteiger partial charge in [-0.15, -0.1) is 11.6 Å². The Morgan fingerprint density at radius 3 is 2.24 bits per heavy atom. The minimum absolute atomic E-state index is 0.522. The lowest BCUT2D eigenvalue weighted by atomic mass is 10.1. The molecule has 0 aromatic heterocycles. The molecule has 0 spiro atoms. The standard InChI is InChI=1S/C15H16ClN/c1-11-6-5-7-12(2)15(11)17-14-9-4-3-8-13(14)10-16/h3-9,17H,10H2,1-2H3. The lowest BCUT2D eigenvalue weighted by Gasteiger charge is -2.14. The first kappa shape index (κ1) is 12.0. The van der Waals surface area contributed by atoms with Gasteiger partial charge in [0.1, 0.15) is 0 Å². The van der Waals surface area contributed by atoms with Crippen molar-refractivity contribution in [2.45, 2.75) is 19.7 Å². The van der Waals surface area contributed by atoms with Crippen molar-refractivity contribution in [3.05, 3.63) is 59.2 Å². The normalized spacial score (nSPS) is 10.3. The number of alkyl halides is 1. The van der Waals surface area contributed by atoms with Gasteiger partial charge in [0.2, 0.25) is 0 Å². The van der Waals surface area contributed by atoms with Crippen LogP contribution in [0.15, 0.2) is 42.5 Å². The molecule has 0 heterocycles. The molecule has 0 amide bonds. The highest BCUT2D eigenvalue weighted by Gasteiger charge is 2.05. The third-order valence-electron chi connectivity index (χ3n) is 2.90. The Balaban J connectivity index is 2.38. The molecule has 1 nitrogen and oxygen atoms in total. The van der Waals surface area contributed by atoms with E-state index in [0.29, 0.717) is 5.88 Å². The van der Waals surface area contributed by atoms with Crippen molar-refractivity contribution in [3.63, 3.8) is 0 Å². The Morgan fingerprint density at radius 1 is 0.941 bits per heavy atom. The molecule has 0 fully saturated rings. The van der Waals surface area contributed by atoms with Gasteiger partial charge in [-0.1, -0.05) is 36.4 Å². The summed E-state index contributed by atoms with van der Waals surface area (Å²) >= 11 is 5.94. The molecule has 0 bridgehead atoms. The number of halogens is 1. The second kappa shape index (κ2) is 5.24. The van der Waals surface area contributed by atoms with Crippen LogP contribution < -0.4 is 5.32 Å². The summed E-state index contributed by atoms with van der Waals surface area (Å²) in [7, 11) is 0. The van der Waals surface area contributed by atoms with E-state index in [1.807, 2.05) is 18.2 Å². The topological polar surface area (TPSA) is 12.0 Å². The zero-order valence-corrected chi connectivity index (χ0v) is 10.9. The fourth-order valence-corrected chi connectivity index (χ4v) is 2.14. The number of hydrogen-bond acceptors (Lipinski definition) is 1. The van der Waals surface area contributed by atoms with E-state index in [-0.39, 0.29) is 0 Å². The highest BCUT2D eigenvalue weighted by Crippen LogP contribution is 2.27. The minimum Gasteiger partial charge on any atom is -0.355 e. The average molecular weight is 246 g/mol. The Morgan fingerprint density at radius 2 is 1.59 bits per heavy atom. The number of anilines is 2. The van der Waals surface area contributed by atoms with Crippen LogP contribution in [0, 0.1) is 13.8 Å². The third-order valence-corrected chi connectivity index (χ3v) is 3.19. The largest absolute Gasteiger partial charge is 0.355 e. The second-order valence-corrected chi connectivity index (χ2v) is 4.45. The Bertz CT molecular complexity index is 500. The van der Waals surface area contributed by atoms with Crippen LogP contribution in [-0.2, 0) is 5.88 Å². The van der Waals surface area contributed by atoms with Crippen molar-refractivity contribution >= 4 is 23.0 Å². The molecule has 0 aliphatic carbocycles. The molecule has 0 aliphatic rings. The summed E-state index contributed by atoms with van der Waals surface area (Å²) in [6.07, 6.45) is 0. The number of nitrogens with one attached hydrogen (secondary N) is 1. The first-order chi connectivity index (χ1) is 8.22. The van der Waals surface area contributed by atoms with E-state index in [9.17, 15) is 0 Å². The van der Waals surface area contributed by atoms with Crippen molar-refractivity contribution in [1.82, 2.24) is 0 Å². The van der Waals surface area contributed by atoms with Gasteiger partial charge in [-0.2, -0.15) is 0 Å². The first-order valence-electron chi connectivity index (χ1n) is 5.69. The van der Waals surface area contributed by atoms with Crippen molar-refractivity contribution < 1.29 is 0 Å². The summed E-state index contributed by atoms with van der Waals surface area (Å²) in [5.41, 5.74) is 5.87. The average Bonchev–Trinajstić information content (AvgIpc) is 2.34. The molecule has 0 saturated carbocycles. The molecule has 2 aromatic rings. The zero-order valence-electron chi connectivity index (χ0n) is 10.1. The Hall–Kier alpha value is -1.47. The summed E-state index contributed by atoms with van der Waals surface area (Å²) in [5, 5.41) is 3.48. The number of para-hydroxylation sites is 2. The molecule has 0 atom stereocenters. The minimum atomic E-state index is 0.522. The van der Waals surface area contributed by atoms with Crippen LogP contribution >= 0.6 is 11.6 Å². The molecular weight excluding hydrogens is 230 g/mol. The Kier molecular flexibility index (Phi) is 3.70. The maximum absolute atomic E-state index is 5.94. The molecule has 0 radical (unpaired) electrons. The van der Waals surface area contributed by atoms with E-state index in [1.54, 1.807) is 0 Å². The maximum Gasteiger partial charge on any atom is 0.0494 e. The summed E-state index contributed by atoms with van der Waals surface area (Å²) in [6.45, 7) is 4.22. The molecule has 2 heteroatoms. The van der Waals surface area contributed by atoms with Gasteiger partial charge in [0.15, 0.2) is 0 Å². The number of hydrogen-bond donors (Lipinski definition) is 1. The van der Waals surface area contributed by atoms with Crippen LogP contribution in [0.25, 0.3) is 0 Å². The van der Waals surface area contributed by atoms with Gasteiger partial charge in [0, 0.05) is 17.3 Å². The monoisotopic (exact) mass is 245 g/mol. The quantitative estimate of drug-likeness (QED) is 0.767. The summed E-state index contributed by atoms with van der Waals surface area (Å²) in [5.74, 6) is 0.522. The predicted octanol–water partition coefficient (Wildman–Crippen LogP) is 4.79. The molecule has 17 heavy (non-hydrogen) atoms. The van der Waals surface area contributed by atoms with Gasteiger partial charge in [-0.3, -0.25) is 0 Å². The van der Waals surface area contributed by atoms with E-state index in [0.717, 1.165) is 11.3 Å². The van der Waals surface area contributed by atoms with Crippen LogP contribution in [0.2, 0.25) is 0 Å². The van der Waals surface area contributed by atoms with Gasteiger partial charge in [0.25, 0.3) is 0 Å². The van der Waals surface area contributed by atoms with Crippen LogP contribution in [-0.4, -0.2) is 0 Å². The van der Waals surface area contributed by atoms with Gasteiger partial charge in [-0.05, 0) is 36.6 Å². The maximum atomic E-state index is 5.94. The van der Waals surface area contributed by atoms with E-state index in [4.69, 9.17) is 11.6 Å². The first-order valence-corrected chi connectivity index (χ1v) is 6.23. The lowest BCUT2D eigenvalue weighted by molar-refractivity contribution is 1.33. The fourth-order valence-electron chi connectivity index (χ4n) is 1.91. The van der Waals surface area contributed by atoms with Crippen molar-refractivity contribution in [2.24, 2.45) is 0 Å². The molecule has 1 N–H and O–H groups in total. The predicted molar refractivity (Wildman–Crippen MR) is 75.2 cm³/mol. The summed E-state index contributed by atoms with van der Waals surface area (Å²) in [4.78, 5) is 0. The second-order valence-electron chi connectivity index (χ2n) is 4.18. The third kappa shape index (κ3) is 2.62. The number of aryl methyl sites for hydroxylation is 2. The van der Waals surface area contributed by atoms with Crippen molar-refractivity contribution in [2.75, 3.05) is 5.32 Å². The number of rotatable bonds is 3. The molecule has 2 aromatic carbocycles. The Labute approximate surface area is 107 Å².